The molecule has 0 saturated carbocycles. The summed E-state index contributed by atoms with van der Waals surface area (Å²) < 4.78 is 7.85. The van der Waals surface area contributed by atoms with Gasteiger partial charge in [-0.05, 0) is 45.2 Å². The van der Waals surface area contributed by atoms with Crippen LogP contribution in [-0.4, -0.2) is 63.1 Å². The molecule has 0 spiro atoms. The number of aryl methyl sites for hydroxylation is 2. The van der Waals surface area contributed by atoms with Crippen molar-refractivity contribution in [2.24, 2.45) is 0 Å². The van der Waals surface area contributed by atoms with Crippen molar-refractivity contribution < 1.29 is 24.5 Å². The average molecular weight is 325 g/mol. The fraction of sp³-hybridized carbons (Fsp3) is 0.667. The van der Waals surface area contributed by atoms with Crippen molar-refractivity contribution in [2.45, 2.75) is 38.6 Å². The van der Waals surface area contributed by atoms with Crippen LogP contribution in [0.5, 0.6) is 5.88 Å². The maximum absolute atomic E-state index is 9.10. The Labute approximate surface area is 134 Å². The molecular weight excluding hydrogens is 302 g/mol. The fourth-order valence-electron chi connectivity index (χ4n) is 2.75. The average Bonchev–Trinajstić information content (AvgIpc) is 3.16. The zero-order valence-corrected chi connectivity index (χ0v) is 13.1. The van der Waals surface area contributed by atoms with E-state index in [1.165, 1.54) is 44.5 Å². The molecule has 8 nitrogen and oxygen atoms in total. The lowest BCUT2D eigenvalue weighted by atomic mass is 10.1. The molecule has 1 aromatic rings. The number of hydrogen-bond acceptors (Lipinski definition) is 5. The summed E-state index contributed by atoms with van der Waals surface area (Å²) in [6.07, 6.45) is 6.39. The number of carbonyl (C=O) groups is 2. The van der Waals surface area contributed by atoms with Gasteiger partial charge in [0, 0.05) is 24.8 Å². The molecule has 0 bridgehead atoms. The van der Waals surface area contributed by atoms with E-state index < -0.39 is 11.9 Å². The highest BCUT2D eigenvalue weighted by atomic mass is 16.5. The molecule has 0 atom stereocenters. The van der Waals surface area contributed by atoms with E-state index in [-0.39, 0.29) is 0 Å². The standard InChI is InChI=1S/C13H21N3O.C2H2O4/c1-2-8-16-12(5-1)11-13(14-16)17-10-9-15-6-3-4-7-15;3-1(4)2(5)6/h11H,1-10H2;(H,3,4)(H,5,6). The van der Waals surface area contributed by atoms with Gasteiger partial charge >= 0.3 is 11.9 Å². The molecule has 0 radical (unpaired) electrons. The van der Waals surface area contributed by atoms with Gasteiger partial charge in [-0.15, -0.1) is 5.10 Å². The number of nitrogens with zero attached hydrogens (tertiary/aromatic N) is 3. The number of fused-ring (bicyclic) bond motifs is 1. The van der Waals surface area contributed by atoms with Crippen molar-refractivity contribution in [3.8, 4) is 5.88 Å². The number of aromatic nitrogens is 2. The topological polar surface area (TPSA) is 105 Å². The monoisotopic (exact) mass is 325 g/mol. The number of carboxylic acid groups (broad SMARTS) is 2. The molecule has 1 saturated heterocycles. The van der Waals surface area contributed by atoms with Crippen LogP contribution in [0.3, 0.4) is 0 Å². The van der Waals surface area contributed by atoms with Crippen molar-refractivity contribution in [3.05, 3.63) is 11.8 Å². The summed E-state index contributed by atoms with van der Waals surface area (Å²) in [6.45, 7) is 5.36. The molecule has 3 heterocycles. The summed E-state index contributed by atoms with van der Waals surface area (Å²) in [5.41, 5.74) is 1.34. The van der Waals surface area contributed by atoms with Gasteiger partial charge < -0.3 is 14.9 Å². The van der Waals surface area contributed by atoms with Crippen molar-refractivity contribution in [1.29, 1.82) is 0 Å². The Morgan fingerprint density at radius 3 is 2.35 bits per heavy atom. The number of hydrogen-bond donors (Lipinski definition) is 2. The summed E-state index contributed by atoms with van der Waals surface area (Å²) in [5.74, 6) is -2.83. The highest BCUT2D eigenvalue weighted by Crippen LogP contribution is 2.19. The molecule has 1 fully saturated rings. The third-order valence-corrected chi connectivity index (χ3v) is 3.93. The van der Waals surface area contributed by atoms with Gasteiger partial charge in [0.25, 0.3) is 0 Å². The molecule has 128 valence electrons. The van der Waals surface area contributed by atoms with Crippen LogP contribution in [0.1, 0.15) is 31.4 Å². The first-order valence-corrected chi connectivity index (χ1v) is 7.94. The smallest absolute Gasteiger partial charge is 0.414 e. The van der Waals surface area contributed by atoms with E-state index >= 15 is 0 Å². The highest BCUT2D eigenvalue weighted by Gasteiger charge is 2.14. The summed E-state index contributed by atoms with van der Waals surface area (Å²) in [6, 6.07) is 2.11. The Hall–Kier alpha value is -2.09. The minimum atomic E-state index is -1.82. The van der Waals surface area contributed by atoms with Gasteiger partial charge in [-0.3, -0.25) is 9.58 Å². The van der Waals surface area contributed by atoms with Crippen LogP contribution in [0.2, 0.25) is 0 Å². The van der Waals surface area contributed by atoms with Crippen LogP contribution in [0, 0.1) is 0 Å². The van der Waals surface area contributed by atoms with E-state index in [4.69, 9.17) is 24.5 Å². The van der Waals surface area contributed by atoms with Crippen LogP contribution in [0.4, 0.5) is 0 Å². The first kappa shape index (κ1) is 17.3. The Bertz CT molecular complexity index is 502. The molecule has 2 aliphatic rings. The summed E-state index contributed by atoms with van der Waals surface area (Å²) >= 11 is 0. The lowest BCUT2D eigenvalue weighted by Crippen LogP contribution is -2.25. The largest absolute Gasteiger partial charge is 0.475 e. The molecule has 23 heavy (non-hydrogen) atoms. The number of rotatable bonds is 4. The van der Waals surface area contributed by atoms with Gasteiger partial charge in [-0.25, -0.2) is 9.59 Å². The molecule has 0 amide bonds. The van der Waals surface area contributed by atoms with E-state index in [0.717, 1.165) is 32.0 Å². The molecule has 1 aromatic heterocycles. The predicted octanol–water partition coefficient (Wildman–Crippen LogP) is 0.850. The van der Waals surface area contributed by atoms with Crippen LogP contribution < -0.4 is 4.74 Å². The molecule has 8 heteroatoms. The van der Waals surface area contributed by atoms with E-state index in [2.05, 4.69) is 20.7 Å². The van der Waals surface area contributed by atoms with Crippen LogP contribution in [-0.2, 0) is 22.6 Å². The van der Waals surface area contributed by atoms with Crippen molar-refractivity contribution in [3.63, 3.8) is 0 Å². The highest BCUT2D eigenvalue weighted by molar-refractivity contribution is 6.27. The first-order valence-electron chi connectivity index (χ1n) is 7.94. The van der Waals surface area contributed by atoms with Crippen LogP contribution in [0.15, 0.2) is 6.07 Å². The summed E-state index contributed by atoms with van der Waals surface area (Å²) in [5, 5.41) is 19.3. The second-order valence-corrected chi connectivity index (χ2v) is 5.66. The molecule has 0 aromatic carbocycles. The van der Waals surface area contributed by atoms with Gasteiger partial charge in [0.1, 0.15) is 6.61 Å². The Kier molecular flexibility index (Phi) is 6.40. The van der Waals surface area contributed by atoms with Gasteiger partial charge in [-0.2, -0.15) is 0 Å². The normalized spacial score (nSPS) is 17.0. The third-order valence-electron chi connectivity index (χ3n) is 3.93. The molecule has 3 rings (SSSR count). The maximum Gasteiger partial charge on any atom is 0.414 e. The van der Waals surface area contributed by atoms with Crippen LogP contribution in [0.25, 0.3) is 0 Å². The number of carboxylic acids is 2. The maximum atomic E-state index is 9.10. The molecular formula is C15H23N3O5. The van der Waals surface area contributed by atoms with E-state index in [0.29, 0.717) is 0 Å². The van der Waals surface area contributed by atoms with Gasteiger partial charge in [-0.1, -0.05) is 0 Å². The Morgan fingerprint density at radius 1 is 1.09 bits per heavy atom. The zero-order valence-electron chi connectivity index (χ0n) is 13.1. The van der Waals surface area contributed by atoms with Gasteiger partial charge in [0.2, 0.25) is 5.88 Å². The van der Waals surface area contributed by atoms with E-state index in [1.807, 2.05) is 0 Å². The second-order valence-electron chi connectivity index (χ2n) is 5.66. The number of ether oxygens (including phenoxy) is 1. The second kappa shape index (κ2) is 8.52. The quantitative estimate of drug-likeness (QED) is 0.791. The zero-order chi connectivity index (χ0) is 16.7. The first-order chi connectivity index (χ1) is 11.1. The minimum Gasteiger partial charge on any atom is -0.475 e. The third kappa shape index (κ3) is 5.55. The van der Waals surface area contributed by atoms with Crippen LogP contribution >= 0.6 is 0 Å². The molecule has 0 unspecified atom stereocenters. The number of aliphatic carboxylic acids is 2. The van der Waals surface area contributed by atoms with E-state index in [9.17, 15) is 0 Å². The fourth-order valence-corrected chi connectivity index (χ4v) is 2.75. The predicted molar refractivity (Wildman–Crippen MR) is 81.6 cm³/mol. The van der Waals surface area contributed by atoms with Crippen molar-refractivity contribution in [2.75, 3.05) is 26.2 Å². The molecule has 0 aliphatic carbocycles. The van der Waals surface area contributed by atoms with Gasteiger partial charge in [0.05, 0.1) is 0 Å². The van der Waals surface area contributed by atoms with E-state index in [1.54, 1.807) is 0 Å². The lowest BCUT2D eigenvalue weighted by molar-refractivity contribution is -0.159. The van der Waals surface area contributed by atoms with Gasteiger partial charge in [0.15, 0.2) is 0 Å². The Morgan fingerprint density at radius 2 is 1.74 bits per heavy atom. The van der Waals surface area contributed by atoms with Crippen molar-refractivity contribution >= 4 is 11.9 Å². The number of likely N-dealkylation sites (tertiary alicyclic amines) is 1. The molecule has 2 N–H and O–H groups in total. The SMILES string of the molecule is O=C(O)C(=O)O.c1c(OCCN2CCCC2)nn2c1CCCC2. The van der Waals surface area contributed by atoms with Crippen molar-refractivity contribution in [1.82, 2.24) is 14.7 Å². The summed E-state index contributed by atoms with van der Waals surface area (Å²) in [4.78, 5) is 20.7. The lowest BCUT2D eigenvalue weighted by Gasteiger charge is -2.13. The Balaban J connectivity index is 0.000000277. The molecule has 2 aliphatic heterocycles. The summed E-state index contributed by atoms with van der Waals surface area (Å²) in [7, 11) is 0. The minimum absolute atomic E-state index is 0.774.